The fraction of sp³-hybridized carbons (Fsp3) is 0.190. The van der Waals surface area contributed by atoms with Crippen LogP contribution in [0.5, 0.6) is 0 Å². The van der Waals surface area contributed by atoms with Crippen molar-refractivity contribution in [3.05, 3.63) is 88.8 Å². The van der Waals surface area contributed by atoms with Crippen LogP contribution in [0.1, 0.15) is 48.4 Å². The molecule has 0 spiro atoms. The maximum atomic E-state index is 10.1. The molecule has 0 aromatic heterocycles. The first-order valence-electron chi connectivity index (χ1n) is 8.41. The number of halogens is 1. The predicted molar refractivity (Wildman–Crippen MR) is 100 cm³/mol. The third-order valence-corrected chi connectivity index (χ3v) is 4.86. The van der Waals surface area contributed by atoms with Crippen molar-refractivity contribution in [1.29, 1.82) is 0 Å². The van der Waals surface area contributed by atoms with E-state index in [1.165, 1.54) is 38.9 Å². The molecule has 0 N–H and O–H groups in total. The van der Waals surface area contributed by atoms with Crippen LogP contribution in [0.2, 0.25) is 0 Å². The predicted octanol–water partition coefficient (Wildman–Crippen LogP) is 5.10. The third-order valence-electron chi connectivity index (χ3n) is 4.86. The van der Waals surface area contributed by atoms with Gasteiger partial charge >= 0.3 is 0 Å². The summed E-state index contributed by atoms with van der Waals surface area (Å²) in [5.41, 5.74) is 5.86. The van der Waals surface area contributed by atoms with Gasteiger partial charge in [-0.3, -0.25) is 0 Å². The van der Waals surface area contributed by atoms with E-state index in [0.717, 1.165) is 6.42 Å². The van der Waals surface area contributed by atoms with E-state index in [-0.39, 0.29) is 0 Å². The van der Waals surface area contributed by atoms with E-state index in [2.05, 4.69) is 74.5 Å². The Morgan fingerprint density at radius 3 is 2.31 bits per heavy atom. The summed E-state index contributed by atoms with van der Waals surface area (Å²) in [6.07, 6.45) is 1.15. The minimum Gasteiger partial charge on any atom is -0.722 e. The van der Waals surface area contributed by atoms with Crippen molar-refractivity contribution in [2.75, 3.05) is 0 Å². The van der Waals surface area contributed by atoms with Crippen LogP contribution in [-0.2, 0) is 10.5 Å². The number of hydrogen-bond acceptors (Lipinski definition) is 3. The molecule has 134 valence electrons. The lowest BCUT2D eigenvalue weighted by Gasteiger charge is -2.26. The van der Waals surface area contributed by atoms with Crippen LogP contribution in [0.3, 0.4) is 0 Å². The molecule has 1 unspecified atom stereocenters. The van der Waals surface area contributed by atoms with E-state index >= 15 is 0 Å². The summed E-state index contributed by atoms with van der Waals surface area (Å²) >= 11 is 0. The van der Waals surface area contributed by atoms with Crippen LogP contribution in [-0.4, -0.2) is 13.0 Å². The van der Waals surface area contributed by atoms with E-state index in [9.17, 15) is 3.89 Å². The molecule has 0 bridgehead atoms. The van der Waals surface area contributed by atoms with Gasteiger partial charge in [-0.05, 0) is 55.8 Å². The van der Waals surface area contributed by atoms with Crippen molar-refractivity contribution in [2.24, 2.45) is 0 Å². The summed E-state index contributed by atoms with van der Waals surface area (Å²) in [5, 5.41) is 2.73. The van der Waals surface area contributed by atoms with Gasteiger partial charge in [-0.2, -0.15) is 0 Å². The van der Waals surface area contributed by atoms with E-state index in [1.807, 2.05) is 0 Å². The summed E-state index contributed by atoms with van der Waals surface area (Å²) in [5.74, 6) is 1.94. The Balaban J connectivity index is 0.000000349. The highest BCUT2D eigenvalue weighted by Gasteiger charge is 2.36. The van der Waals surface area contributed by atoms with Crippen LogP contribution >= 0.6 is 0 Å². The zero-order valence-electron chi connectivity index (χ0n) is 14.6. The van der Waals surface area contributed by atoms with Gasteiger partial charge in [0.2, 0.25) is 0 Å². The van der Waals surface area contributed by atoms with E-state index in [1.54, 1.807) is 0 Å². The van der Waals surface area contributed by atoms with E-state index in [4.69, 9.17) is 13.0 Å². The Morgan fingerprint density at radius 1 is 1.00 bits per heavy atom. The zero-order valence-corrected chi connectivity index (χ0v) is 15.4. The summed E-state index contributed by atoms with van der Waals surface area (Å²) in [6.45, 7) is 4.57. The maximum absolute atomic E-state index is 10.1. The van der Waals surface area contributed by atoms with Crippen molar-refractivity contribution < 1.29 is 16.9 Å². The van der Waals surface area contributed by atoms with Gasteiger partial charge in [0.05, 0.1) is 22.4 Å². The van der Waals surface area contributed by atoms with Crippen molar-refractivity contribution in [2.45, 2.75) is 26.2 Å². The molecule has 26 heavy (non-hydrogen) atoms. The van der Waals surface area contributed by atoms with Crippen molar-refractivity contribution in [3.8, 4) is 0 Å². The van der Waals surface area contributed by atoms with Crippen molar-refractivity contribution in [1.82, 2.24) is 0 Å². The molecular formula is C21H19FO3S. The molecule has 1 aliphatic carbocycles. The number of rotatable bonds is 1. The van der Waals surface area contributed by atoms with Crippen LogP contribution in [0.25, 0.3) is 10.8 Å². The summed E-state index contributed by atoms with van der Waals surface area (Å²) in [6, 6.07) is 22.3. The van der Waals surface area contributed by atoms with Crippen LogP contribution in [0.15, 0.2) is 60.7 Å². The second-order valence-corrected chi connectivity index (χ2v) is 7.10. The molecule has 0 radical (unpaired) electrons. The lowest BCUT2D eigenvalue weighted by atomic mass is 9.71. The Kier molecular flexibility index (Phi) is 5.03. The molecule has 1 atom stereocenters. The molecule has 0 heterocycles. The van der Waals surface area contributed by atoms with Gasteiger partial charge in [0, 0.05) is 28.5 Å². The van der Waals surface area contributed by atoms with Gasteiger partial charge in [-0.1, -0.05) is 19.1 Å². The van der Waals surface area contributed by atoms with Gasteiger partial charge in [0.25, 0.3) is 10.5 Å². The first-order chi connectivity index (χ1) is 12.3. The molecule has 5 heteroatoms. The van der Waals surface area contributed by atoms with E-state index < -0.39 is 10.5 Å². The first-order valence-corrected chi connectivity index (χ1v) is 9.72. The summed E-state index contributed by atoms with van der Waals surface area (Å²) in [4.78, 5) is 0. The second-order valence-electron chi connectivity index (χ2n) is 6.32. The van der Waals surface area contributed by atoms with Gasteiger partial charge in [0.1, 0.15) is 0 Å². The molecule has 0 fully saturated rings. The van der Waals surface area contributed by atoms with Crippen molar-refractivity contribution in [3.63, 3.8) is 0 Å². The standard InChI is InChI=1S/C21H19.FHO3S/c1-3-16-19-11-7-6-9-17(19)14(2)21-18-10-5-4-8-15(18)12-13-20(16)21;1-5(2,3)4/h4-13,16H,3H2,1-2H3;(H,2,3,4)/q+1;/p-1. The molecule has 0 amide bonds. The SMILES string of the molecule is CCC1c2ccccc2[C+](C)c2c1ccc1ccccc21.O=S(=O)([O-])F. The highest BCUT2D eigenvalue weighted by atomic mass is 32.3. The average Bonchev–Trinajstić information content (AvgIpc) is 2.60. The lowest BCUT2D eigenvalue weighted by molar-refractivity contribution is 0.417. The molecule has 0 saturated carbocycles. The molecular weight excluding hydrogens is 351 g/mol. The van der Waals surface area contributed by atoms with Crippen LogP contribution in [0.4, 0.5) is 3.89 Å². The quantitative estimate of drug-likeness (QED) is 0.340. The minimum atomic E-state index is -5.42. The van der Waals surface area contributed by atoms with Gasteiger partial charge in [-0.25, -0.2) is 8.42 Å². The second kappa shape index (κ2) is 7.09. The lowest BCUT2D eigenvalue weighted by Crippen LogP contribution is -2.17. The summed E-state index contributed by atoms with van der Waals surface area (Å²) in [7, 11) is -5.42. The minimum absolute atomic E-state index is 0.518. The first kappa shape index (κ1) is 18.4. The third kappa shape index (κ3) is 3.59. The average molecular weight is 370 g/mol. The fourth-order valence-electron chi connectivity index (χ4n) is 3.88. The highest BCUT2D eigenvalue weighted by molar-refractivity contribution is 7.80. The smallest absolute Gasteiger partial charge is 0.255 e. The molecule has 0 saturated heterocycles. The molecule has 3 aromatic carbocycles. The molecule has 1 aliphatic rings. The largest absolute Gasteiger partial charge is 0.722 e. The monoisotopic (exact) mass is 370 g/mol. The Morgan fingerprint density at radius 2 is 1.62 bits per heavy atom. The van der Waals surface area contributed by atoms with Crippen molar-refractivity contribution >= 4 is 21.3 Å². The number of benzene rings is 3. The molecule has 0 aliphatic heterocycles. The summed E-state index contributed by atoms with van der Waals surface area (Å²) < 4.78 is 35.3. The van der Waals surface area contributed by atoms with Gasteiger partial charge in [0.15, 0.2) is 0 Å². The highest BCUT2D eigenvalue weighted by Crippen LogP contribution is 2.46. The Bertz CT molecular complexity index is 1040. The van der Waals surface area contributed by atoms with Crippen LogP contribution < -0.4 is 0 Å². The Hall–Kier alpha value is -2.37. The number of hydrogen-bond donors (Lipinski definition) is 0. The van der Waals surface area contributed by atoms with Gasteiger partial charge < -0.3 is 4.55 Å². The molecule has 3 aromatic rings. The van der Waals surface area contributed by atoms with E-state index in [0.29, 0.717) is 5.92 Å². The Labute approximate surface area is 153 Å². The van der Waals surface area contributed by atoms with Gasteiger partial charge in [-0.15, -0.1) is 3.89 Å². The zero-order chi connectivity index (χ0) is 18.9. The molecule has 3 nitrogen and oxygen atoms in total. The normalized spacial score (nSPS) is 15.7. The fourth-order valence-corrected chi connectivity index (χ4v) is 3.88. The topological polar surface area (TPSA) is 57.2 Å². The molecule has 4 rings (SSSR count). The van der Waals surface area contributed by atoms with Crippen LogP contribution in [0, 0.1) is 5.92 Å². The number of fused-ring (bicyclic) bond motifs is 4. The maximum Gasteiger partial charge on any atom is 0.255 e.